The van der Waals surface area contributed by atoms with E-state index in [0.717, 1.165) is 6.07 Å². The second-order valence-corrected chi connectivity index (χ2v) is 3.83. The highest BCUT2D eigenvalue weighted by molar-refractivity contribution is 5.57. The normalized spacial score (nSPS) is 10.9. The molecule has 0 spiro atoms. The van der Waals surface area contributed by atoms with Crippen molar-refractivity contribution in [3.8, 4) is 17.7 Å². The predicted molar refractivity (Wildman–Crippen MR) is 64.9 cm³/mol. The molecule has 0 bridgehead atoms. The molecule has 1 aromatic carbocycles. The van der Waals surface area contributed by atoms with Crippen molar-refractivity contribution in [1.82, 2.24) is 4.98 Å². The average molecular weight is 279 g/mol. The lowest BCUT2D eigenvalue weighted by Gasteiger charge is -2.10. The number of hydrogen-bond acceptors (Lipinski definition) is 4. The lowest BCUT2D eigenvalue weighted by Crippen LogP contribution is -2.08. The Morgan fingerprint density at radius 3 is 2.55 bits per heavy atom. The first-order valence-electron chi connectivity index (χ1n) is 5.42. The number of ether oxygens (including phenoxy) is 1. The van der Waals surface area contributed by atoms with Crippen molar-refractivity contribution < 1.29 is 17.9 Å². The van der Waals surface area contributed by atoms with Crippen LogP contribution in [0.2, 0.25) is 0 Å². The summed E-state index contributed by atoms with van der Waals surface area (Å²) in [5.41, 5.74) is 5.06. The van der Waals surface area contributed by atoms with Gasteiger partial charge in [0.15, 0.2) is 5.75 Å². The number of halogens is 3. The van der Waals surface area contributed by atoms with Crippen LogP contribution < -0.4 is 10.5 Å². The number of hydrogen-bond donors (Lipinski definition) is 1. The van der Waals surface area contributed by atoms with Crippen LogP contribution in [0.1, 0.15) is 11.3 Å². The molecular weight excluding hydrogens is 271 g/mol. The van der Waals surface area contributed by atoms with Crippen LogP contribution in [0.15, 0.2) is 36.4 Å². The molecule has 1 aromatic heterocycles. The number of alkyl halides is 3. The maximum atomic E-state index is 12.5. The molecule has 0 aliphatic heterocycles. The zero-order chi connectivity index (χ0) is 14.8. The first-order chi connectivity index (χ1) is 9.40. The van der Waals surface area contributed by atoms with Gasteiger partial charge in [-0.25, -0.2) is 4.98 Å². The largest absolute Gasteiger partial charge is 0.437 e. The van der Waals surface area contributed by atoms with E-state index in [1.807, 2.05) is 6.07 Å². The average Bonchev–Trinajstić information content (AvgIpc) is 2.40. The van der Waals surface area contributed by atoms with Crippen molar-refractivity contribution in [2.24, 2.45) is 0 Å². The molecule has 7 heteroatoms. The van der Waals surface area contributed by atoms with Gasteiger partial charge in [0.25, 0.3) is 0 Å². The fourth-order valence-corrected chi connectivity index (χ4v) is 1.45. The summed E-state index contributed by atoms with van der Waals surface area (Å²) in [4.78, 5) is 3.36. The summed E-state index contributed by atoms with van der Waals surface area (Å²) in [5, 5.41) is 8.68. The van der Waals surface area contributed by atoms with E-state index in [-0.39, 0.29) is 17.3 Å². The summed E-state index contributed by atoms with van der Waals surface area (Å²) in [6.45, 7) is 0. The Kier molecular flexibility index (Phi) is 3.48. The molecule has 20 heavy (non-hydrogen) atoms. The number of nitrogens with zero attached hydrogens (tertiary/aromatic N) is 2. The van der Waals surface area contributed by atoms with E-state index < -0.39 is 11.9 Å². The standard InChI is InChI=1S/C13H8F3N3O/c14-13(15,16)11-2-1-3-12(19-11)20-10-5-4-8(7-17)6-9(10)18/h1-6H,18H2. The number of nitrogens with two attached hydrogens (primary N) is 1. The van der Waals surface area contributed by atoms with E-state index in [1.165, 1.54) is 30.3 Å². The summed E-state index contributed by atoms with van der Waals surface area (Å²) in [5.74, 6) is -0.0907. The first-order valence-corrected chi connectivity index (χ1v) is 5.42. The van der Waals surface area contributed by atoms with Gasteiger partial charge in [0.1, 0.15) is 5.69 Å². The highest BCUT2D eigenvalue weighted by atomic mass is 19.4. The van der Waals surface area contributed by atoms with E-state index in [4.69, 9.17) is 15.7 Å². The smallest absolute Gasteiger partial charge is 0.433 e. The SMILES string of the molecule is N#Cc1ccc(Oc2cccc(C(F)(F)F)n2)c(N)c1. The molecule has 1 heterocycles. The molecule has 2 rings (SSSR count). The van der Waals surface area contributed by atoms with Crippen LogP contribution in [0, 0.1) is 11.3 Å². The molecule has 0 amide bonds. The number of rotatable bonds is 2. The number of aromatic nitrogens is 1. The van der Waals surface area contributed by atoms with E-state index in [2.05, 4.69) is 4.98 Å². The Bertz CT molecular complexity index is 677. The van der Waals surface area contributed by atoms with Crippen LogP contribution >= 0.6 is 0 Å². The van der Waals surface area contributed by atoms with Crippen molar-refractivity contribution >= 4 is 5.69 Å². The van der Waals surface area contributed by atoms with Gasteiger partial charge in [-0.05, 0) is 24.3 Å². The van der Waals surface area contributed by atoms with Gasteiger partial charge >= 0.3 is 6.18 Å². The predicted octanol–water partition coefficient (Wildman–Crippen LogP) is 3.35. The molecule has 2 aromatic rings. The minimum absolute atomic E-state index is 0.135. The third-order valence-electron chi connectivity index (χ3n) is 2.37. The quantitative estimate of drug-likeness (QED) is 0.856. The molecule has 4 nitrogen and oxygen atoms in total. The van der Waals surface area contributed by atoms with Gasteiger partial charge in [-0.3, -0.25) is 0 Å². The van der Waals surface area contributed by atoms with Crippen LogP contribution in [-0.4, -0.2) is 4.98 Å². The highest BCUT2D eigenvalue weighted by Crippen LogP contribution is 2.31. The van der Waals surface area contributed by atoms with Crippen LogP contribution in [0.25, 0.3) is 0 Å². The number of anilines is 1. The fourth-order valence-electron chi connectivity index (χ4n) is 1.45. The van der Waals surface area contributed by atoms with Gasteiger partial charge in [0.05, 0.1) is 17.3 Å². The third kappa shape index (κ3) is 2.98. The van der Waals surface area contributed by atoms with E-state index >= 15 is 0 Å². The molecule has 0 aliphatic carbocycles. The van der Waals surface area contributed by atoms with Gasteiger partial charge in [-0.2, -0.15) is 18.4 Å². The van der Waals surface area contributed by atoms with E-state index in [1.54, 1.807) is 0 Å². The molecule has 0 unspecified atom stereocenters. The van der Waals surface area contributed by atoms with Crippen molar-refractivity contribution in [3.05, 3.63) is 47.7 Å². The minimum Gasteiger partial charge on any atom is -0.437 e. The third-order valence-corrected chi connectivity index (χ3v) is 2.37. The molecule has 0 saturated heterocycles. The molecule has 0 atom stereocenters. The number of nitriles is 1. The number of benzene rings is 1. The van der Waals surface area contributed by atoms with Gasteiger partial charge in [0.2, 0.25) is 5.88 Å². The van der Waals surface area contributed by atoms with Gasteiger partial charge < -0.3 is 10.5 Å². The van der Waals surface area contributed by atoms with Gasteiger partial charge in [0, 0.05) is 6.07 Å². The zero-order valence-electron chi connectivity index (χ0n) is 9.98. The molecule has 0 saturated carbocycles. The highest BCUT2D eigenvalue weighted by Gasteiger charge is 2.32. The van der Waals surface area contributed by atoms with Crippen molar-refractivity contribution in [2.45, 2.75) is 6.18 Å². The molecule has 0 aliphatic rings. The zero-order valence-corrected chi connectivity index (χ0v) is 9.98. The summed E-state index contributed by atoms with van der Waals surface area (Å²) < 4.78 is 42.7. The second kappa shape index (κ2) is 5.09. The molecule has 0 fully saturated rings. The Morgan fingerprint density at radius 2 is 1.95 bits per heavy atom. The van der Waals surface area contributed by atoms with E-state index in [0.29, 0.717) is 5.56 Å². The maximum absolute atomic E-state index is 12.5. The Labute approximate surface area is 112 Å². The molecular formula is C13H8F3N3O. The van der Waals surface area contributed by atoms with Crippen LogP contribution in [0.3, 0.4) is 0 Å². The van der Waals surface area contributed by atoms with Crippen LogP contribution in [0.5, 0.6) is 11.6 Å². The van der Waals surface area contributed by atoms with Gasteiger partial charge in [-0.15, -0.1) is 0 Å². The first kappa shape index (κ1) is 13.7. The topological polar surface area (TPSA) is 71.9 Å². The van der Waals surface area contributed by atoms with Crippen molar-refractivity contribution in [2.75, 3.05) is 5.73 Å². The summed E-state index contributed by atoms with van der Waals surface area (Å²) in [6, 6.07) is 9.41. The van der Waals surface area contributed by atoms with E-state index in [9.17, 15) is 13.2 Å². The lowest BCUT2D eigenvalue weighted by atomic mass is 10.2. The van der Waals surface area contributed by atoms with Crippen molar-refractivity contribution in [1.29, 1.82) is 5.26 Å². The van der Waals surface area contributed by atoms with Crippen LogP contribution in [0.4, 0.5) is 18.9 Å². The summed E-state index contributed by atoms with van der Waals surface area (Å²) in [7, 11) is 0. The number of pyridine rings is 1. The monoisotopic (exact) mass is 279 g/mol. The van der Waals surface area contributed by atoms with Crippen molar-refractivity contribution in [3.63, 3.8) is 0 Å². The second-order valence-electron chi connectivity index (χ2n) is 3.83. The number of nitrogen functional groups attached to an aromatic ring is 1. The van der Waals surface area contributed by atoms with Gasteiger partial charge in [-0.1, -0.05) is 6.07 Å². The lowest BCUT2D eigenvalue weighted by molar-refractivity contribution is -0.141. The Hall–Kier alpha value is -2.75. The minimum atomic E-state index is -4.55. The molecule has 2 N–H and O–H groups in total. The van der Waals surface area contributed by atoms with Crippen LogP contribution in [-0.2, 0) is 6.18 Å². The summed E-state index contributed by atoms with van der Waals surface area (Å²) in [6.07, 6.45) is -4.55. The maximum Gasteiger partial charge on any atom is 0.433 e. The summed E-state index contributed by atoms with van der Waals surface area (Å²) >= 11 is 0. The molecule has 0 radical (unpaired) electrons. The molecule has 102 valence electrons. The Morgan fingerprint density at radius 1 is 1.20 bits per heavy atom. The fraction of sp³-hybridized carbons (Fsp3) is 0.0769. The Balaban J connectivity index is 2.29.